The van der Waals surface area contributed by atoms with Crippen molar-refractivity contribution in [1.29, 1.82) is 0 Å². The van der Waals surface area contributed by atoms with Crippen LogP contribution in [0.3, 0.4) is 0 Å². The van der Waals surface area contributed by atoms with Gasteiger partial charge in [-0.1, -0.05) is 17.7 Å². The van der Waals surface area contributed by atoms with Crippen LogP contribution < -0.4 is 10.7 Å². The lowest BCUT2D eigenvalue weighted by atomic mass is 10.3. The summed E-state index contributed by atoms with van der Waals surface area (Å²) in [6.07, 6.45) is 3.94. The molecule has 2 N–H and O–H groups in total. The van der Waals surface area contributed by atoms with Crippen LogP contribution in [-0.2, 0) is 9.59 Å². The SMILES string of the molecule is O=C(NN=C1CCCC1)C(=O)Nc1cccc(Cl)c1. The van der Waals surface area contributed by atoms with E-state index in [0.29, 0.717) is 10.7 Å². The first-order valence-corrected chi connectivity index (χ1v) is 6.45. The second-order valence-electron chi connectivity index (χ2n) is 4.29. The van der Waals surface area contributed by atoms with Gasteiger partial charge in [-0.3, -0.25) is 9.59 Å². The Morgan fingerprint density at radius 3 is 2.58 bits per heavy atom. The third-order valence-electron chi connectivity index (χ3n) is 2.78. The van der Waals surface area contributed by atoms with Crippen molar-refractivity contribution in [2.75, 3.05) is 5.32 Å². The minimum Gasteiger partial charge on any atom is -0.318 e. The number of hydrazone groups is 1. The summed E-state index contributed by atoms with van der Waals surface area (Å²) in [4.78, 5) is 23.1. The van der Waals surface area contributed by atoms with Crippen LogP contribution in [0.15, 0.2) is 29.4 Å². The largest absolute Gasteiger partial charge is 0.329 e. The summed E-state index contributed by atoms with van der Waals surface area (Å²) in [5.41, 5.74) is 3.67. The smallest absolute Gasteiger partial charge is 0.318 e. The van der Waals surface area contributed by atoms with Crippen LogP contribution >= 0.6 is 11.6 Å². The quantitative estimate of drug-likeness (QED) is 0.644. The van der Waals surface area contributed by atoms with Crippen LogP contribution in [0.5, 0.6) is 0 Å². The molecule has 1 aromatic rings. The Morgan fingerprint density at radius 1 is 1.16 bits per heavy atom. The number of carbonyl (C=O) groups excluding carboxylic acids is 2. The van der Waals surface area contributed by atoms with Crippen LogP contribution in [0.2, 0.25) is 5.02 Å². The molecule has 0 aliphatic heterocycles. The van der Waals surface area contributed by atoms with Gasteiger partial charge in [-0.25, -0.2) is 5.43 Å². The highest BCUT2D eigenvalue weighted by Gasteiger charge is 2.14. The molecule has 1 fully saturated rings. The highest BCUT2D eigenvalue weighted by molar-refractivity contribution is 6.39. The van der Waals surface area contributed by atoms with Crippen molar-refractivity contribution in [3.8, 4) is 0 Å². The van der Waals surface area contributed by atoms with E-state index in [4.69, 9.17) is 11.6 Å². The zero-order valence-corrected chi connectivity index (χ0v) is 11.0. The van der Waals surface area contributed by atoms with E-state index in [0.717, 1.165) is 31.4 Å². The molecule has 1 aliphatic carbocycles. The highest BCUT2D eigenvalue weighted by atomic mass is 35.5. The molecule has 0 heterocycles. The summed E-state index contributed by atoms with van der Waals surface area (Å²) in [7, 11) is 0. The normalized spacial score (nSPS) is 14.1. The van der Waals surface area contributed by atoms with E-state index < -0.39 is 11.8 Å². The number of nitrogens with zero attached hydrogens (tertiary/aromatic N) is 1. The molecule has 0 radical (unpaired) electrons. The number of benzene rings is 1. The van der Waals surface area contributed by atoms with Gasteiger partial charge in [0.1, 0.15) is 0 Å². The van der Waals surface area contributed by atoms with E-state index in [2.05, 4.69) is 15.8 Å². The van der Waals surface area contributed by atoms with Crippen molar-refractivity contribution in [2.24, 2.45) is 5.10 Å². The fraction of sp³-hybridized carbons (Fsp3) is 0.308. The van der Waals surface area contributed by atoms with Crippen molar-refractivity contribution >= 4 is 34.8 Å². The standard InChI is InChI=1S/C13H14ClN3O2/c14-9-4-3-7-11(8-9)15-12(18)13(19)17-16-10-5-1-2-6-10/h3-4,7-8H,1-2,5-6H2,(H,15,18)(H,17,19). The van der Waals surface area contributed by atoms with Gasteiger partial charge in [-0.2, -0.15) is 5.10 Å². The summed E-state index contributed by atoms with van der Waals surface area (Å²) in [5, 5.41) is 6.88. The number of nitrogens with one attached hydrogen (secondary N) is 2. The molecular weight excluding hydrogens is 266 g/mol. The first-order chi connectivity index (χ1) is 9.15. The van der Waals surface area contributed by atoms with Crippen molar-refractivity contribution in [3.63, 3.8) is 0 Å². The number of hydrogen-bond acceptors (Lipinski definition) is 3. The van der Waals surface area contributed by atoms with Crippen LogP contribution in [0.25, 0.3) is 0 Å². The highest BCUT2D eigenvalue weighted by Crippen LogP contribution is 2.15. The van der Waals surface area contributed by atoms with Crippen LogP contribution in [-0.4, -0.2) is 17.5 Å². The number of amides is 2. The Hall–Kier alpha value is -1.88. The Kier molecular flexibility index (Phi) is 4.52. The topological polar surface area (TPSA) is 70.6 Å². The van der Waals surface area contributed by atoms with Crippen molar-refractivity contribution in [2.45, 2.75) is 25.7 Å². The van der Waals surface area contributed by atoms with Gasteiger partial charge in [0, 0.05) is 16.4 Å². The maximum atomic E-state index is 11.6. The van der Waals surface area contributed by atoms with E-state index in [1.54, 1.807) is 24.3 Å². The van der Waals surface area contributed by atoms with E-state index in [1.165, 1.54) is 0 Å². The molecule has 0 unspecified atom stereocenters. The predicted octanol–water partition coefficient (Wildman–Crippen LogP) is 2.32. The molecule has 19 heavy (non-hydrogen) atoms. The number of anilines is 1. The van der Waals surface area contributed by atoms with Crippen LogP contribution in [0.1, 0.15) is 25.7 Å². The van der Waals surface area contributed by atoms with Crippen LogP contribution in [0.4, 0.5) is 5.69 Å². The number of halogens is 1. The van der Waals surface area contributed by atoms with E-state index >= 15 is 0 Å². The maximum absolute atomic E-state index is 11.6. The van der Waals surface area contributed by atoms with Gasteiger partial charge in [-0.15, -0.1) is 0 Å². The number of hydrogen-bond donors (Lipinski definition) is 2. The second kappa shape index (κ2) is 6.33. The van der Waals surface area contributed by atoms with E-state index in [9.17, 15) is 9.59 Å². The molecule has 2 rings (SSSR count). The predicted molar refractivity (Wildman–Crippen MR) is 74.1 cm³/mol. The second-order valence-corrected chi connectivity index (χ2v) is 4.73. The average Bonchev–Trinajstić information content (AvgIpc) is 2.89. The lowest BCUT2D eigenvalue weighted by Gasteiger charge is -2.04. The molecule has 0 spiro atoms. The summed E-state index contributed by atoms with van der Waals surface area (Å²) in [6.45, 7) is 0. The van der Waals surface area contributed by atoms with Crippen molar-refractivity contribution < 1.29 is 9.59 Å². The van der Waals surface area contributed by atoms with Gasteiger partial charge in [0.2, 0.25) is 0 Å². The Balaban J connectivity index is 1.89. The summed E-state index contributed by atoms with van der Waals surface area (Å²) >= 11 is 5.78. The average molecular weight is 280 g/mol. The number of rotatable bonds is 2. The lowest BCUT2D eigenvalue weighted by molar-refractivity contribution is -0.136. The lowest BCUT2D eigenvalue weighted by Crippen LogP contribution is -2.32. The molecule has 0 bridgehead atoms. The summed E-state index contributed by atoms with van der Waals surface area (Å²) < 4.78 is 0. The van der Waals surface area contributed by atoms with Gasteiger partial charge in [0.25, 0.3) is 0 Å². The molecule has 0 aromatic heterocycles. The van der Waals surface area contributed by atoms with Crippen molar-refractivity contribution in [3.05, 3.63) is 29.3 Å². The minimum absolute atomic E-state index is 0.473. The molecular formula is C13H14ClN3O2. The number of carbonyl (C=O) groups is 2. The molecule has 100 valence electrons. The van der Waals surface area contributed by atoms with E-state index in [-0.39, 0.29) is 0 Å². The van der Waals surface area contributed by atoms with Gasteiger partial charge < -0.3 is 5.32 Å². The fourth-order valence-electron chi connectivity index (χ4n) is 1.83. The van der Waals surface area contributed by atoms with Crippen molar-refractivity contribution in [1.82, 2.24) is 5.43 Å². The molecule has 1 aromatic carbocycles. The first kappa shape index (κ1) is 13.5. The summed E-state index contributed by atoms with van der Waals surface area (Å²) in [6, 6.07) is 6.59. The minimum atomic E-state index is -0.778. The Labute approximate surface area is 116 Å². The van der Waals surface area contributed by atoms with Gasteiger partial charge >= 0.3 is 11.8 Å². The molecule has 2 amide bonds. The summed E-state index contributed by atoms with van der Waals surface area (Å²) in [5.74, 6) is -1.54. The molecule has 5 nitrogen and oxygen atoms in total. The van der Waals surface area contributed by atoms with Gasteiger partial charge in [0.15, 0.2) is 0 Å². The Morgan fingerprint density at radius 2 is 1.89 bits per heavy atom. The molecule has 6 heteroatoms. The maximum Gasteiger partial charge on any atom is 0.329 e. The third-order valence-corrected chi connectivity index (χ3v) is 3.02. The van der Waals surface area contributed by atoms with E-state index in [1.807, 2.05) is 0 Å². The Bertz CT molecular complexity index is 520. The van der Waals surface area contributed by atoms with Crippen LogP contribution in [0, 0.1) is 0 Å². The van der Waals surface area contributed by atoms with Gasteiger partial charge in [-0.05, 0) is 43.9 Å². The molecule has 1 aliphatic rings. The third kappa shape index (κ3) is 4.06. The monoisotopic (exact) mass is 279 g/mol. The zero-order chi connectivity index (χ0) is 13.7. The first-order valence-electron chi connectivity index (χ1n) is 6.07. The molecule has 1 saturated carbocycles. The molecule has 0 saturated heterocycles. The molecule has 0 atom stereocenters. The zero-order valence-electron chi connectivity index (χ0n) is 10.3. The van der Waals surface area contributed by atoms with Gasteiger partial charge in [0.05, 0.1) is 0 Å². The fourth-order valence-corrected chi connectivity index (χ4v) is 2.02.